The van der Waals surface area contributed by atoms with Crippen molar-refractivity contribution >= 4 is 0 Å². The van der Waals surface area contributed by atoms with Crippen LogP contribution in [0.3, 0.4) is 0 Å². The van der Waals surface area contributed by atoms with Crippen LogP contribution in [0.1, 0.15) is 42.4 Å². The van der Waals surface area contributed by atoms with E-state index in [1.165, 1.54) is 11.1 Å². The molecule has 1 aliphatic carbocycles. The van der Waals surface area contributed by atoms with E-state index in [2.05, 4.69) is 53.9 Å². The number of rotatable bonds is 3. The number of likely N-dealkylation sites (N-methyl/N-ethyl adjacent to an activating group) is 1. The lowest BCUT2D eigenvalue weighted by Gasteiger charge is -2.36. The van der Waals surface area contributed by atoms with Gasteiger partial charge in [-0.25, -0.2) is 4.98 Å². The lowest BCUT2D eigenvalue weighted by Crippen LogP contribution is -2.46. The second-order valence-corrected chi connectivity index (χ2v) is 7.64. The Morgan fingerprint density at radius 1 is 1.19 bits per heavy atom. The largest absolute Gasteiger partial charge is 0.309 e. The third kappa shape index (κ3) is 3.10. The van der Waals surface area contributed by atoms with Gasteiger partial charge in [-0.3, -0.25) is 9.69 Å². The maximum Gasteiger partial charge on any atom is 0.254 e. The Balaban J connectivity index is 1.74. The number of aryl methyl sites for hydroxylation is 2. The number of aromatic nitrogens is 2. The molecule has 1 aromatic heterocycles. The number of fused-ring (bicyclic) bond motifs is 3. The quantitative estimate of drug-likeness (QED) is 0.922. The van der Waals surface area contributed by atoms with Crippen molar-refractivity contribution in [2.24, 2.45) is 0 Å². The molecule has 1 aromatic carbocycles. The SMILES string of the molecule is CCc1ccc2c(c1)-c1nc(C(C)N3CCN(C)CC3)[nH]c(=O)c1CC2. The van der Waals surface area contributed by atoms with Crippen LogP contribution in [0.2, 0.25) is 0 Å². The second-order valence-electron chi connectivity index (χ2n) is 7.64. The Kier molecular flexibility index (Phi) is 4.67. The van der Waals surface area contributed by atoms with E-state index in [9.17, 15) is 4.79 Å². The van der Waals surface area contributed by atoms with E-state index >= 15 is 0 Å². The van der Waals surface area contributed by atoms with Crippen molar-refractivity contribution in [1.82, 2.24) is 19.8 Å². The van der Waals surface area contributed by atoms with Gasteiger partial charge in [-0.1, -0.05) is 19.1 Å². The molecule has 2 aromatic rings. The number of hydrogen-bond acceptors (Lipinski definition) is 4. The molecule has 1 fully saturated rings. The van der Waals surface area contributed by atoms with Crippen LogP contribution in [-0.2, 0) is 19.3 Å². The third-order valence-electron chi connectivity index (χ3n) is 6.00. The van der Waals surface area contributed by atoms with Gasteiger partial charge in [-0.05, 0) is 50.4 Å². The minimum atomic E-state index is 0.0403. The van der Waals surface area contributed by atoms with Crippen LogP contribution in [0, 0.1) is 0 Å². The molecule has 1 N–H and O–H groups in total. The van der Waals surface area contributed by atoms with Gasteiger partial charge >= 0.3 is 0 Å². The zero-order valence-corrected chi connectivity index (χ0v) is 16.0. The molecule has 5 nitrogen and oxygen atoms in total. The standard InChI is InChI=1S/C21H28N4O/c1-4-15-5-6-16-7-8-17-19(18(16)13-15)22-20(23-21(17)26)14(2)25-11-9-24(3)10-12-25/h5-6,13-14H,4,7-12H2,1-3H3,(H,22,23,26). The van der Waals surface area contributed by atoms with Crippen LogP contribution in [0.15, 0.2) is 23.0 Å². The summed E-state index contributed by atoms with van der Waals surface area (Å²) in [5.41, 5.74) is 5.56. The number of nitrogens with one attached hydrogen (secondary N) is 1. The zero-order chi connectivity index (χ0) is 18.3. The highest BCUT2D eigenvalue weighted by atomic mass is 16.1. The lowest BCUT2D eigenvalue weighted by atomic mass is 9.88. The molecule has 1 aliphatic heterocycles. The summed E-state index contributed by atoms with van der Waals surface area (Å²) in [5.74, 6) is 0.799. The molecule has 0 saturated carbocycles. The van der Waals surface area contributed by atoms with E-state index < -0.39 is 0 Å². The summed E-state index contributed by atoms with van der Waals surface area (Å²) in [6.07, 6.45) is 2.69. The molecule has 5 heteroatoms. The van der Waals surface area contributed by atoms with Gasteiger partial charge in [0.15, 0.2) is 0 Å². The maximum absolute atomic E-state index is 12.8. The number of nitrogens with zero attached hydrogens (tertiary/aromatic N) is 3. The van der Waals surface area contributed by atoms with E-state index in [1.54, 1.807) is 0 Å². The minimum Gasteiger partial charge on any atom is -0.309 e. The molecule has 4 rings (SSSR count). The van der Waals surface area contributed by atoms with E-state index in [4.69, 9.17) is 4.98 Å². The van der Waals surface area contributed by atoms with Gasteiger partial charge in [0.05, 0.1) is 11.7 Å². The van der Waals surface area contributed by atoms with Gasteiger partial charge in [0.2, 0.25) is 0 Å². The van der Waals surface area contributed by atoms with Crippen LogP contribution in [0.25, 0.3) is 11.3 Å². The second kappa shape index (κ2) is 6.97. The van der Waals surface area contributed by atoms with Crippen LogP contribution in [-0.4, -0.2) is 53.0 Å². The predicted octanol–water partition coefficient (Wildman–Crippen LogP) is 2.41. The molecule has 1 atom stereocenters. The van der Waals surface area contributed by atoms with Gasteiger partial charge in [0, 0.05) is 37.3 Å². The van der Waals surface area contributed by atoms with E-state index in [-0.39, 0.29) is 11.6 Å². The normalized spacial score (nSPS) is 19.0. The molecular weight excluding hydrogens is 324 g/mol. The summed E-state index contributed by atoms with van der Waals surface area (Å²) >= 11 is 0. The average Bonchev–Trinajstić information content (AvgIpc) is 2.67. The maximum atomic E-state index is 12.8. The molecular formula is C21H28N4O. The van der Waals surface area contributed by atoms with Crippen LogP contribution in [0.4, 0.5) is 0 Å². The fourth-order valence-corrected chi connectivity index (χ4v) is 4.09. The molecule has 1 unspecified atom stereocenters. The smallest absolute Gasteiger partial charge is 0.254 e. The van der Waals surface area contributed by atoms with Crippen molar-refractivity contribution in [1.29, 1.82) is 0 Å². The molecule has 2 heterocycles. The van der Waals surface area contributed by atoms with Crippen molar-refractivity contribution in [2.45, 2.75) is 39.2 Å². The monoisotopic (exact) mass is 352 g/mol. The van der Waals surface area contributed by atoms with Gasteiger partial charge in [-0.2, -0.15) is 0 Å². The number of aromatic amines is 1. The lowest BCUT2D eigenvalue weighted by molar-refractivity contribution is 0.115. The van der Waals surface area contributed by atoms with Crippen molar-refractivity contribution in [2.75, 3.05) is 33.2 Å². The first-order chi connectivity index (χ1) is 12.6. The predicted molar refractivity (Wildman–Crippen MR) is 105 cm³/mol. The third-order valence-corrected chi connectivity index (χ3v) is 6.00. The zero-order valence-electron chi connectivity index (χ0n) is 16.0. The number of benzene rings is 1. The highest BCUT2D eigenvalue weighted by Gasteiger charge is 2.26. The molecule has 1 saturated heterocycles. The van der Waals surface area contributed by atoms with E-state index in [1.807, 2.05) is 0 Å². The average molecular weight is 352 g/mol. The molecule has 0 radical (unpaired) electrons. The van der Waals surface area contributed by atoms with Crippen LogP contribution >= 0.6 is 0 Å². The summed E-state index contributed by atoms with van der Waals surface area (Å²) in [4.78, 5) is 25.6. The first-order valence-corrected chi connectivity index (χ1v) is 9.74. The minimum absolute atomic E-state index is 0.0403. The van der Waals surface area contributed by atoms with Gasteiger partial charge in [-0.15, -0.1) is 0 Å². The van der Waals surface area contributed by atoms with E-state index in [0.29, 0.717) is 0 Å². The van der Waals surface area contributed by atoms with Crippen molar-refractivity contribution < 1.29 is 0 Å². The Labute approximate surface area is 155 Å². The van der Waals surface area contributed by atoms with Crippen molar-refractivity contribution in [3.63, 3.8) is 0 Å². The fourth-order valence-electron chi connectivity index (χ4n) is 4.09. The summed E-state index contributed by atoms with van der Waals surface area (Å²) in [6, 6.07) is 6.76. The number of piperazine rings is 1. The topological polar surface area (TPSA) is 52.2 Å². The Hall–Kier alpha value is -1.98. The highest BCUT2D eigenvalue weighted by Crippen LogP contribution is 2.32. The molecule has 0 amide bonds. The van der Waals surface area contributed by atoms with Crippen molar-refractivity contribution in [3.8, 4) is 11.3 Å². The Bertz CT molecular complexity index is 865. The number of hydrogen-bond donors (Lipinski definition) is 1. The summed E-state index contributed by atoms with van der Waals surface area (Å²) in [7, 11) is 2.16. The first-order valence-electron chi connectivity index (χ1n) is 9.74. The van der Waals surface area contributed by atoms with Crippen LogP contribution < -0.4 is 5.56 Å². The summed E-state index contributed by atoms with van der Waals surface area (Å²) in [6.45, 7) is 8.45. The van der Waals surface area contributed by atoms with E-state index in [0.717, 1.165) is 68.1 Å². The fraction of sp³-hybridized carbons (Fsp3) is 0.524. The molecule has 26 heavy (non-hydrogen) atoms. The molecule has 2 aliphatic rings. The highest BCUT2D eigenvalue weighted by molar-refractivity contribution is 5.70. The van der Waals surface area contributed by atoms with Gasteiger partial charge in [0.25, 0.3) is 5.56 Å². The number of H-pyrrole nitrogens is 1. The molecule has 0 bridgehead atoms. The van der Waals surface area contributed by atoms with Crippen molar-refractivity contribution in [3.05, 3.63) is 51.1 Å². The summed E-state index contributed by atoms with van der Waals surface area (Å²) in [5, 5.41) is 0. The molecule has 138 valence electrons. The molecule has 0 spiro atoms. The Morgan fingerprint density at radius 3 is 2.69 bits per heavy atom. The van der Waals surface area contributed by atoms with Gasteiger partial charge < -0.3 is 9.88 Å². The Morgan fingerprint density at radius 2 is 1.96 bits per heavy atom. The van der Waals surface area contributed by atoms with Crippen LogP contribution in [0.5, 0.6) is 0 Å². The summed E-state index contributed by atoms with van der Waals surface area (Å²) < 4.78 is 0. The first kappa shape index (κ1) is 17.4. The van der Waals surface area contributed by atoms with Gasteiger partial charge in [0.1, 0.15) is 5.82 Å².